The van der Waals surface area contributed by atoms with Crippen LogP contribution in [0.15, 0.2) is 22.7 Å². The zero-order valence-electron chi connectivity index (χ0n) is 13.0. The fourth-order valence-corrected chi connectivity index (χ4v) is 2.99. The summed E-state index contributed by atoms with van der Waals surface area (Å²) < 4.78 is 12.6. The van der Waals surface area contributed by atoms with E-state index in [9.17, 15) is 0 Å². The third-order valence-electron chi connectivity index (χ3n) is 3.72. The molecule has 1 aliphatic rings. The average molecular weight is 356 g/mol. The number of ether oxygens (including phenoxy) is 2. The maximum atomic E-state index is 6.12. The van der Waals surface area contributed by atoms with Crippen LogP contribution >= 0.6 is 15.9 Å². The first-order valence-electron chi connectivity index (χ1n) is 7.85. The molecule has 0 saturated carbocycles. The number of hydrogen-bond acceptors (Lipinski definition) is 3. The molecule has 4 heteroatoms. The highest BCUT2D eigenvalue weighted by Crippen LogP contribution is 2.30. The molecule has 0 atom stereocenters. The third-order valence-corrected chi connectivity index (χ3v) is 4.35. The Morgan fingerprint density at radius 2 is 2.10 bits per heavy atom. The van der Waals surface area contributed by atoms with Crippen molar-refractivity contribution in [3.63, 3.8) is 0 Å². The van der Waals surface area contributed by atoms with Crippen molar-refractivity contribution in [3.8, 4) is 5.75 Å². The molecule has 1 fully saturated rings. The van der Waals surface area contributed by atoms with Gasteiger partial charge in [0.05, 0.1) is 11.1 Å². The summed E-state index contributed by atoms with van der Waals surface area (Å²) in [6.45, 7) is 8.82. The van der Waals surface area contributed by atoms with E-state index in [1.807, 2.05) is 6.07 Å². The molecule has 118 valence electrons. The van der Waals surface area contributed by atoms with Gasteiger partial charge in [-0.1, -0.05) is 26.0 Å². The fraction of sp³-hybridized carbons (Fsp3) is 0.647. The highest BCUT2D eigenvalue weighted by molar-refractivity contribution is 9.10. The molecule has 1 heterocycles. The zero-order chi connectivity index (χ0) is 15.1. The molecule has 0 spiro atoms. The third kappa shape index (κ3) is 5.61. The molecule has 21 heavy (non-hydrogen) atoms. The van der Waals surface area contributed by atoms with E-state index >= 15 is 0 Å². The van der Waals surface area contributed by atoms with Gasteiger partial charge >= 0.3 is 0 Å². The number of nitrogens with one attached hydrogen (secondary N) is 1. The van der Waals surface area contributed by atoms with Crippen LogP contribution in [-0.4, -0.2) is 26.4 Å². The number of rotatable bonds is 7. The van der Waals surface area contributed by atoms with Crippen LogP contribution in [0.2, 0.25) is 0 Å². The molecular weight excluding hydrogens is 330 g/mol. The standard InChI is InChI=1S/C17H26BrNO2/c1-13(2)10-19-11-15-4-3-5-16(18)17(15)21-12-14-6-8-20-9-7-14/h3-5,13-14,19H,6-12H2,1-2H3. The molecule has 1 N–H and O–H groups in total. The van der Waals surface area contributed by atoms with E-state index in [2.05, 4.69) is 47.2 Å². The summed E-state index contributed by atoms with van der Waals surface area (Å²) in [7, 11) is 0. The Hall–Kier alpha value is -0.580. The largest absolute Gasteiger partial charge is 0.492 e. The van der Waals surface area contributed by atoms with Crippen molar-refractivity contribution < 1.29 is 9.47 Å². The Morgan fingerprint density at radius 3 is 2.81 bits per heavy atom. The molecule has 0 radical (unpaired) electrons. The van der Waals surface area contributed by atoms with E-state index in [1.165, 1.54) is 5.56 Å². The summed E-state index contributed by atoms with van der Waals surface area (Å²) in [6, 6.07) is 6.25. The van der Waals surface area contributed by atoms with Crippen molar-refractivity contribution in [2.24, 2.45) is 11.8 Å². The van der Waals surface area contributed by atoms with Crippen molar-refractivity contribution in [2.75, 3.05) is 26.4 Å². The highest BCUT2D eigenvalue weighted by atomic mass is 79.9. The summed E-state index contributed by atoms with van der Waals surface area (Å²) in [4.78, 5) is 0. The molecule has 0 aliphatic carbocycles. The highest BCUT2D eigenvalue weighted by Gasteiger charge is 2.16. The Kier molecular flexibility index (Phi) is 7.00. The van der Waals surface area contributed by atoms with Crippen molar-refractivity contribution >= 4 is 15.9 Å². The van der Waals surface area contributed by atoms with E-state index < -0.39 is 0 Å². The average Bonchev–Trinajstić information content (AvgIpc) is 2.47. The van der Waals surface area contributed by atoms with Crippen molar-refractivity contribution in [1.29, 1.82) is 0 Å². The van der Waals surface area contributed by atoms with Crippen LogP contribution in [0, 0.1) is 11.8 Å². The van der Waals surface area contributed by atoms with E-state index in [-0.39, 0.29) is 0 Å². The van der Waals surface area contributed by atoms with Gasteiger partial charge in [-0.3, -0.25) is 0 Å². The Bertz CT molecular complexity index is 431. The normalized spacial score (nSPS) is 16.4. The number of halogens is 1. The second kappa shape index (κ2) is 8.76. The lowest BCUT2D eigenvalue weighted by Gasteiger charge is -2.23. The van der Waals surface area contributed by atoms with Crippen molar-refractivity contribution in [3.05, 3.63) is 28.2 Å². The first kappa shape index (κ1) is 16.8. The molecule has 0 bridgehead atoms. The Morgan fingerprint density at radius 1 is 1.33 bits per heavy atom. The van der Waals surface area contributed by atoms with Crippen LogP contribution in [0.5, 0.6) is 5.75 Å². The summed E-state index contributed by atoms with van der Waals surface area (Å²) in [5.41, 5.74) is 1.22. The second-order valence-electron chi connectivity index (χ2n) is 6.12. The minimum absolute atomic E-state index is 0.613. The maximum Gasteiger partial charge on any atom is 0.137 e. The zero-order valence-corrected chi connectivity index (χ0v) is 14.6. The molecule has 0 unspecified atom stereocenters. The Balaban J connectivity index is 1.92. The van der Waals surface area contributed by atoms with Gasteiger partial charge in [-0.25, -0.2) is 0 Å². The van der Waals surface area contributed by atoms with Crippen LogP contribution in [0.25, 0.3) is 0 Å². The SMILES string of the molecule is CC(C)CNCc1cccc(Br)c1OCC1CCOCC1. The summed E-state index contributed by atoms with van der Waals surface area (Å²) in [6.07, 6.45) is 2.21. The lowest BCUT2D eigenvalue weighted by atomic mass is 10.0. The molecule has 1 saturated heterocycles. The minimum Gasteiger partial charge on any atom is -0.492 e. The molecular formula is C17H26BrNO2. The van der Waals surface area contributed by atoms with Crippen LogP contribution in [-0.2, 0) is 11.3 Å². The molecule has 1 aliphatic heterocycles. The smallest absolute Gasteiger partial charge is 0.137 e. The van der Waals surface area contributed by atoms with Crippen molar-refractivity contribution in [1.82, 2.24) is 5.32 Å². The van der Waals surface area contributed by atoms with E-state index in [4.69, 9.17) is 9.47 Å². The van der Waals surface area contributed by atoms with Crippen LogP contribution in [0.4, 0.5) is 0 Å². The maximum absolute atomic E-state index is 6.12. The fourth-order valence-electron chi connectivity index (χ4n) is 2.46. The van der Waals surface area contributed by atoms with Crippen LogP contribution < -0.4 is 10.1 Å². The van der Waals surface area contributed by atoms with E-state index in [0.29, 0.717) is 11.8 Å². The van der Waals surface area contributed by atoms with Crippen LogP contribution in [0.3, 0.4) is 0 Å². The van der Waals surface area contributed by atoms with Gasteiger partial charge in [-0.2, -0.15) is 0 Å². The first-order valence-corrected chi connectivity index (χ1v) is 8.64. The number of para-hydroxylation sites is 1. The van der Waals surface area contributed by atoms with E-state index in [0.717, 1.165) is 56.0 Å². The summed E-state index contributed by atoms with van der Waals surface area (Å²) in [5, 5.41) is 3.49. The molecule has 2 rings (SSSR count). The van der Waals surface area contributed by atoms with Gasteiger partial charge in [-0.15, -0.1) is 0 Å². The Labute approximate surface area is 136 Å². The van der Waals surface area contributed by atoms with Gasteiger partial charge in [0.2, 0.25) is 0 Å². The van der Waals surface area contributed by atoms with Gasteiger partial charge in [0, 0.05) is 25.3 Å². The summed E-state index contributed by atoms with van der Waals surface area (Å²) >= 11 is 3.62. The lowest BCUT2D eigenvalue weighted by Crippen LogP contribution is -2.23. The quantitative estimate of drug-likeness (QED) is 0.801. The van der Waals surface area contributed by atoms with Crippen LogP contribution in [0.1, 0.15) is 32.3 Å². The summed E-state index contributed by atoms with van der Waals surface area (Å²) in [5.74, 6) is 2.26. The predicted molar refractivity (Wildman–Crippen MR) is 89.7 cm³/mol. The molecule has 0 aromatic heterocycles. The lowest BCUT2D eigenvalue weighted by molar-refractivity contribution is 0.0495. The predicted octanol–water partition coefficient (Wildman–Crippen LogP) is 4.00. The van der Waals surface area contributed by atoms with Crippen molar-refractivity contribution in [2.45, 2.75) is 33.2 Å². The second-order valence-corrected chi connectivity index (χ2v) is 6.97. The molecule has 3 nitrogen and oxygen atoms in total. The van der Waals surface area contributed by atoms with Gasteiger partial charge < -0.3 is 14.8 Å². The minimum atomic E-state index is 0.613. The monoisotopic (exact) mass is 355 g/mol. The van der Waals surface area contributed by atoms with Gasteiger partial charge in [0.25, 0.3) is 0 Å². The number of benzene rings is 1. The van der Waals surface area contributed by atoms with Gasteiger partial charge in [-0.05, 0) is 53.2 Å². The van der Waals surface area contributed by atoms with Gasteiger partial charge in [0.15, 0.2) is 0 Å². The number of hydrogen-bond donors (Lipinski definition) is 1. The first-order chi connectivity index (χ1) is 10.2. The topological polar surface area (TPSA) is 30.5 Å². The van der Waals surface area contributed by atoms with Gasteiger partial charge in [0.1, 0.15) is 5.75 Å². The molecule has 1 aromatic carbocycles. The van der Waals surface area contributed by atoms with E-state index in [1.54, 1.807) is 0 Å². The molecule has 1 aromatic rings. The molecule has 0 amide bonds.